The molecule has 8 heteroatoms. The fraction of sp³-hybridized carbons (Fsp3) is 0.412. The van der Waals surface area contributed by atoms with Crippen LogP contribution in [0.5, 0.6) is 5.75 Å². The van der Waals surface area contributed by atoms with Gasteiger partial charge in [0.1, 0.15) is 11.8 Å². The molecular formula is C17H21N5O3. The molecular weight excluding hydrogens is 322 g/mol. The van der Waals surface area contributed by atoms with E-state index in [0.29, 0.717) is 12.1 Å². The number of benzene rings is 1. The molecule has 3 rings (SSSR count). The Balaban J connectivity index is 1.78. The van der Waals surface area contributed by atoms with Gasteiger partial charge in [-0.05, 0) is 44.0 Å². The summed E-state index contributed by atoms with van der Waals surface area (Å²) in [6, 6.07) is 6.79. The second-order valence-electron chi connectivity index (χ2n) is 6.06. The monoisotopic (exact) mass is 343 g/mol. The van der Waals surface area contributed by atoms with Crippen molar-refractivity contribution in [3.05, 3.63) is 35.7 Å². The summed E-state index contributed by atoms with van der Waals surface area (Å²) >= 11 is 0. The van der Waals surface area contributed by atoms with Crippen molar-refractivity contribution in [1.82, 2.24) is 25.2 Å². The van der Waals surface area contributed by atoms with Gasteiger partial charge in [0.15, 0.2) is 5.69 Å². The Morgan fingerprint density at radius 3 is 2.72 bits per heavy atom. The van der Waals surface area contributed by atoms with Crippen LogP contribution in [0.15, 0.2) is 24.3 Å². The molecule has 1 saturated heterocycles. The summed E-state index contributed by atoms with van der Waals surface area (Å²) in [5.74, 6) is 0.283. The number of piperidine rings is 1. The molecule has 0 saturated carbocycles. The van der Waals surface area contributed by atoms with Crippen molar-refractivity contribution in [2.24, 2.45) is 0 Å². The normalized spacial score (nSPS) is 17.5. The van der Waals surface area contributed by atoms with E-state index in [1.807, 2.05) is 24.3 Å². The third-order valence-corrected chi connectivity index (χ3v) is 4.39. The first-order chi connectivity index (χ1) is 12.0. The predicted octanol–water partition coefficient (Wildman–Crippen LogP) is 0.935. The molecule has 1 unspecified atom stereocenters. The first kappa shape index (κ1) is 16.9. The van der Waals surface area contributed by atoms with E-state index in [1.54, 1.807) is 30.7 Å². The van der Waals surface area contributed by atoms with Crippen LogP contribution in [0.2, 0.25) is 0 Å². The van der Waals surface area contributed by atoms with Crippen molar-refractivity contribution < 1.29 is 14.3 Å². The quantitative estimate of drug-likeness (QED) is 0.892. The summed E-state index contributed by atoms with van der Waals surface area (Å²) in [6.07, 6.45) is 1.51. The third kappa shape index (κ3) is 3.33. The molecule has 2 amide bonds. The highest BCUT2D eigenvalue weighted by Crippen LogP contribution is 2.17. The number of ether oxygens (including phenoxy) is 1. The average Bonchev–Trinajstić information content (AvgIpc) is 3.00. The van der Waals surface area contributed by atoms with Crippen LogP contribution in [-0.4, -0.2) is 58.5 Å². The number of hydrogen-bond donors (Lipinski definition) is 1. The lowest BCUT2D eigenvalue weighted by Crippen LogP contribution is -2.51. The number of aromatic nitrogens is 3. The van der Waals surface area contributed by atoms with E-state index in [1.165, 1.54) is 0 Å². The summed E-state index contributed by atoms with van der Waals surface area (Å²) in [6.45, 7) is 2.49. The van der Waals surface area contributed by atoms with E-state index in [9.17, 15) is 9.59 Å². The predicted molar refractivity (Wildman–Crippen MR) is 90.8 cm³/mol. The van der Waals surface area contributed by atoms with Crippen LogP contribution in [0, 0.1) is 6.92 Å². The molecule has 1 aliphatic heterocycles. The van der Waals surface area contributed by atoms with Crippen LogP contribution in [0.25, 0.3) is 5.69 Å². The first-order valence-electron chi connectivity index (χ1n) is 8.14. The molecule has 0 bridgehead atoms. The van der Waals surface area contributed by atoms with Gasteiger partial charge in [0, 0.05) is 13.6 Å². The van der Waals surface area contributed by atoms with Crippen molar-refractivity contribution in [3.63, 3.8) is 0 Å². The molecule has 1 aromatic heterocycles. The van der Waals surface area contributed by atoms with Crippen molar-refractivity contribution in [2.75, 3.05) is 20.7 Å². The van der Waals surface area contributed by atoms with E-state index in [-0.39, 0.29) is 17.5 Å². The Kier molecular flexibility index (Phi) is 4.69. The zero-order valence-electron chi connectivity index (χ0n) is 14.5. The van der Waals surface area contributed by atoms with Gasteiger partial charge in [0.2, 0.25) is 5.91 Å². The van der Waals surface area contributed by atoms with Gasteiger partial charge >= 0.3 is 0 Å². The highest BCUT2D eigenvalue weighted by atomic mass is 16.5. The number of likely N-dealkylation sites (tertiary alicyclic amines) is 1. The summed E-state index contributed by atoms with van der Waals surface area (Å²) in [5.41, 5.74) is 1.61. The van der Waals surface area contributed by atoms with Crippen LogP contribution >= 0.6 is 0 Å². The van der Waals surface area contributed by atoms with Gasteiger partial charge in [-0.25, -0.2) is 4.68 Å². The molecule has 1 atom stereocenters. The second-order valence-corrected chi connectivity index (χ2v) is 6.06. The minimum Gasteiger partial charge on any atom is -0.497 e. The molecule has 1 aliphatic rings. The summed E-state index contributed by atoms with van der Waals surface area (Å²) < 4.78 is 6.72. The van der Waals surface area contributed by atoms with Gasteiger partial charge in [0.05, 0.1) is 18.5 Å². The van der Waals surface area contributed by atoms with E-state index >= 15 is 0 Å². The van der Waals surface area contributed by atoms with E-state index in [4.69, 9.17) is 4.74 Å². The van der Waals surface area contributed by atoms with Gasteiger partial charge < -0.3 is 15.0 Å². The van der Waals surface area contributed by atoms with Crippen molar-refractivity contribution >= 4 is 11.8 Å². The number of amides is 2. The molecule has 1 fully saturated rings. The van der Waals surface area contributed by atoms with Crippen LogP contribution in [0.3, 0.4) is 0 Å². The second kappa shape index (κ2) is 6.92. The molecule has 0 spiro atoms. The van der Waals surface area contributed by atoms with Crippen LogP contribution < -0.4 is 10.1 Å². The number of nitrogens with one attached hydrogen (secondary N) is 1. The lowest BCUT2D eigenvalue weighted by Gasteiger charge is -2.29. The Bertz CT molecular complexity index is 784. The largest absolute Gasteiger partial charge is 0.497 e. The van der Waals surface area contributed by atoms with Gasteiger partial charge in [-0.2, -0.15) is 0 Å². The molecule has 2 aromatic rings. The fourth-order valence-electron chi connectivity index (χ4n) is 2.90. The fourth-order valence-corrected chi connectivity index (χ4v) is 2.90. The SMILES string of the molecule is COc1ccc(-n2nnc(C(=O)NC3CCCN(C)C3=O)c2C)cc1. The van der Waals surface area contributed by atoms with Gasteiger partial charge in [0.25, 0.3) is 5.91 Å². The molecule has 0 aliphatic carbocycles. The van der Waals surface area contributed by atoms with Crippen LogP contribution in [0.1, 0.15) is 29.0 Å². The Morgan fingerprint density at radius 1 is 1.32 bits per heavy atom. The number of likely N-dealkylation sites (N-methyl/N-ethyl adjacent to an activating group) is 1. The van der Waals surface area contributed by atoms with Crippen molar-refractivity contribution in [1.29, 1.82) is 0 Å². The zero-order valence-corrected chi connectivity index (χ0v) is 14.5. The lowest BCUT2D eigenvalue weighted by molar-refractivity contribution is -0.134. The smallest absolute Gasteiger partial charge is 0.274 e. The number of carbonyl (C=O) groups excluding carboxylic acids is 2. The minimum absolute atomic E-state index is 0.0696. The van der Waals surface area contributed by atoms with E-state index in [0.717, 1.165) is 24.4 Å². The van der Waals surface area contributed by atoms with Gasteiger partial charge in [-0.3, -0.25) is 9.59 Å². The standard InChI is InChI=1S/C17H21N5O3/c1-11-15(16(23)18-14-5-4-10-21(2)17(14)24)19-20-22(11)12-6-8-13(25-3)9-7-12/h6-9,14H,4-5,10H2,1-3H3,(H,18,23). The van der Waals surface area contributed by atoms with E-state index in [2.05, 4.69) is 15.6 Å². The maximum atomic E-state index is 12.5. The molecule has 0 radical (unpaired) electrons. The molecule has 2 heterocycles. The lowest BCUT2D eigenvalue weighted by atomic mass is 10.1. The maximum absolute atomic E-state index is 12.5. The average molecular weight is 343 g/mol. The molecule has 1 N–H and O–H groups in total. The van der Waals surface area contributed by atoms with Crippen LogP contribution in [-0.2, 0) is 4.79 Å². The highest BCUT2D eigenvalue weighted by molar-refractivity contribution is 5.97. The maximum Gasteiger partial charge on any atom is 0.274 e. The van der Waals surface area contributed by atoms with Gasteiger partial charge in [-0.1, -0.05) is 5.21 Å². The Morgan fingerprint density at radius 2 is 2.04 bits per heavy atom. The van der Waals surface area contributed by atoms with Gasteiger partial charge in [-0.15, -0.1) is 5.10 Å². The first-order valence-corrected chi connectivity index (χ1v) is 8.14. The molecule has 8 nitrogen and oxygen atoms in total. The summed E-state index contributed by atoms with van der Waals surface area (Å²) in [4.78, 5) is 26.3. The van der Waals surface area contributed by atoms with E-state index < -0.39 is 6.04 Å². The number of methoxy groups -OCH3 is 1. The number of nitrogens with zero attached hydrogens (tertiary/aromatic N) is 4. The number of rotatable bonds is 4. The zero-order chi connectivity index (χ0) is 18.0. The Labute approximate surface area is 145 Å². The highest BCUT2D eigenvalue weighted by Gasteiger charge is 2.29. The number of carbonyl (C=O) groups is 2. The third-order valence-electron chi connectivity index (χ3n) is 4.39. The summed E-state index contributed by atoms with van der Waals surface area (Å²) in [5, 5.41) is 10.8. The molecule has 132 valence electrons. The molecule has 25 heavy (non-hydrogen) atoms. The van der Waals surface area contributed by atoms with Crippen molar-refractivity contribution in [2.45, 2.75) is 25.8 Å². The summed E-state index contributed by atoms with van der Waals surface area (Å²) in [7, 11) is 3.34. The molecule has 1 aromatic carbocycles. The number of hydrogen-bond acceptors (Lipinski definition) is 5. The van der Waals surface area contributed by atoms with Crippen LogP contribution in [0.4, 0.5) is 0 Å². The topological polar surface area (TPSA) is 89.3 Å². The Hall–Kier alpha value is -2.90. The minimum atomic E-state index is -0.503. The van der Waals surface area contributed by atoms with Crippen molar-refractivity contribution in [3.8, 4) is 11.4 Å².